The molecule has 0 spiro atoms. The Bertz CT molecular complexity index is 667. The van der Waals surface area contributed by atoms with E-state index in [2.05, 4.69) is 34.8 Å². The first-order chi connectivity index (χ1) is 11.1. The third-order valence-corrected chi connectivity index (χ3v) is 5.03. The summed E-state index contributed by atoms with van der Waals surface area (Å²) in [5.74, 6) is 1.80. The summed E-state index contributed by atoms with van der Waals surface area (Å²) in [6.45, 7) is 7.17. The second-order valence-corrected chi connectivity index (χ2v) is 6.67. The van der Waals surface area contributed by atoms with Crippen molar-refractivity contribution in [2.24, 2.45) is 5.92 Å². The zero-order valence-corrected chi connectivity index (χ0v) is 14.6. The van der Waals surface area contributed by atoms with Gasteiger partial charge in [-0.25, -0.2) is 0 Å². The lowest BCUT2D eigenvalue weighted by Crippen LogP contribution is -2.16. The highest BCUT2D eigenvalue weighted by molar-refractivity contribution is 5.84. The number of nitrogens with one attached hydrogen (secondary N) is 2. The molecule has 124 valence electrons. The van der Waals surface area contributed by atoms with Crippen LogP contribution in [-0.4, -0.2) is 18.7 Å². The van der Waals surface area contributed by atoms with E-state index < -0.39 is 0 Å². The molecule has 1 saturated carbocycles. The van der Waals surface area contributed by atoms with Gasteiger partial charge in [0.1, 0.15) is 5.76 Å². The fourth-order valence-electron chi connectivity index (χ4n) is 3.37. The molecule has 1 heterocycles. The second kappa shape index (κ2) is 6.65. The third-order valence-electron chi connectivity index (χ3n) is 5.03. The number of anilines is 2. The van der Waals surface area contributed by atoms with Crippen LogP contribution in [0.15, 0.2) is 16.7 Å². The zero-order valence-electron chi connectivity index (χ0n) is 14.6. The number of nitrogens with zero attached hydrogens (tertiary/aromatic N) is 1. The van der Waals surface area contributed by atoms with Gasteiger partial charge in [-0.05, 0) is 50.8 Å². The van der Waals surface area contributed by atoms with Gasteiger partial charge in [-0.3, -0.25) is 0 Å². The first kappa shape index (κ1) is 15.9. The highest BCUT2D eigenvalue weighted by Crippen LogP contribution is 2.36. The Hall–Kier alpha value is -1.97. The molecule has 0 bridgehead atoms. The van der Waals surface area contributed by atoms with Crippen LogP contribution in [0.1, 0.15) is 42.7 Å². The summed E-state index contributed by atoms with van der Waals surface area (Å²) < 4.78 is 5.34. The van der Waals surface area contributed by atoms with Gasteiger partial charge in [0.2, 0.25) is 0 Å². The quantitative estimate of drug-likeness (QED) is 0.795. The molecule has 0 aliphatic heterocycles. The minimum Gasteiger partial charge on any atom is -0.388 e. The molecular formula is C19H27N3O. The molecule has 2 aromatic rings. The molecule has 0 radical (unpaired) electrons. The van der Waals surface area contributed by atoms with E-state index in [0.717, 1.165) is 40.7 Å². The predicted molar refractivity (Wildman–Crippen MR) is 96.1 cm³/mol. The number of hydrogen-bond acceptors (Lipinski definition) is 4. The van der Waals surface area contributed by atoms with Gasteiger partial charge in [-0.1, -0.05) is 24.4 Å². The first-order valence-electron chi connectivity index (χ1n) is 8.59. The number of benzene rings is 1. The maximum Gasteiger partial charge on any atom is 0.141 e. The van der Waals surface area contributed by atoms with Gasteiger partial charge in [0.25, 0.3) is 0 Å². The summed E-state index contributed by atoms with van der Waals surface area (Å²) in [5, 5.41) is 11.0. The normalized spacial score (nSPS) is 14.6. The Kier molecular flexibility index (Phi) is 4.60. The summed E-state index contributed by atoms with van der Waals surface area (Å²) in [4.78, 5) is 0. The van der Waals surface area contributed by atoms with E-state index in [1.54, 1.807) is 0 Å². The van der Waals surface area contributed by atoms with E-state index >= 15 is 0 Å². The molecular weight excluding hydrogens is 286 g/mol. The Balaban J connectivity index is 1.83. The van der Waals surface area contributed by atoms with Crippen LogP contribution in [0.4, 0.5) is 11.4 Å². The molecule has 1 aromatic heterocycles. The van der Waals surface area contributed by atoms with Gasteiger partial charge < -0.3 is 15.2 Å². The molecule has 0 saturated heterocycles. The molecule has 2 N–H and O–H groups in total. The molecule has 1 aliphatic carbocycles. The highest BCUT2D eigenvalue weighted by Gasteiger charge is 2.18. The summed E-state index contributed by atoms with van der Waals surface area (Å²) in [6.07, 6.45) is 5.51. The van der Waals surface area contributed by atoms with Crippen LogP contribution in [0.3, 0.4) is 0 Å². The maximum absolute atomic E-state index is 5.34. The third kappa shape index (κ3) is 3.21. The van der Waals surface area contributed by atoms with Gasteiger partial charge >= 0.3 is 0 Å². The van der Waals surface area contributed by atoms with Crippen LogP contribution in [0, 0.1) is 26.7 Å². The van der Waals surface area contributed by atoms with Crippen molar-refractivity contribution in [1.29, 1.82) is 0 Å². The van der Waals surface area contributed by atoms with E-state index in [-0.39, 0.29) is 0 Å². The van der Waals surface area contributed by atoms with Crippen molar-refractivity contribution in [3.05, 3.63) is 29.2 Å². The van der Waals surface area contributed by atoms with Crippen molar-refractivity contribution in [3.63, 3.8) is 0 Å². The fourth-order valence-corrected chi connectivity index (χ4v) is 3.37. The van der Waals surface area contributed by atoms with Gasteiger partial charge in [0.15, 0.2) is 0 Å². The Labute approximate surface area is 138 Å². The number of hydrogen-bond donors (Lipinski definition) is 2. The van der Waals surface area contributed by atoms with E-state index in [1.807, 2.05) is 20.9 Å². The fraction of sp³-hybridized carbons (Fsp3) is 0.526. The molecule has 0 unspecified atom stereocenters. The van der Waals surface area contributed by atoms with Crippen LogP contribution in [-0.2, 0) is 0 Å². The van der Waals surface area contributed by atoms with Crippen LogP contribution >= 0.6 is 0 Å². The van der Waals surface area contributed by atoms with Gasteiger partial charge in [0, 0.05) is 36.1 Å². The lowest BCUT2D eigenvalue weighted by molar-refractivity contribution is 0.303. The van der Waals surface area contributed by atoms with E-state index in [9.17, 15) is 0 Å². The van der Waals surface area contributed by atoms with Gasteiger partial charge in [-0.15, -0.1) is 0 Å². The zero-order chi connectivity index (χ0) is 16.4. The van der Waals surface area contributed by atoms with E-state index in [0.29, 0.717) is 0 Å². The topological polar surface area (TPSA) is 50.1 Å². The molecule has 1 aromatic carbocycles. The SMILES string of the molecule is CNc1cc(NCCC2CCC2)c(C)cc1-c1c(C)noc1C. The van der Waals surface area contributed by atoms with Crippen molar-refractivity contribution in [2.75, 3.05) is 24.2 Å². The minimum atomic E-state index is 0.865. The maximum atomic E-state index is 5.34. The van der Waals surface area contributed by atoms with Gasteiger partial charge in [0.05, 0.1) is 5.69 Å². The van der Waals surface area contributed by atoms with Crippen LogP contribution in [0.25, 0.3) is 11.1 Å². The average Bonchev–Trinajstić information content (AvgIpc) is 2.82. The summed E-state index contributed by atoms with van der Waals surface area (Å²) >= 11 is 0. The molecule has 3 rings (SSSR count). The molecule has 1 fully saturated rings. The summed E-state index contributed by atoms with van der Waals surface area (Å²) in [5.41, 5.74) is 6.77. The molecule has 0 atom stereocenters. The number of aromatic nitrogens is 1. The molecule has 4 nitrogen and oxygen atoms in total. The average molecular weight is 313 g/mol. The van der Waals surface area contributed by atoms with Crippen LogP contribution in [0.5, 0.6) is 0 Å². The van der Waals surface area contributed by atoms with Crippen molar-refractivity contribution in [3.8, 4) is 11.1 Å². The Morgan fingerprint density at radius 2 is 1.96 bits per heavy atom. The van der Waals surface area contributed by atoms with Crippen molar-refractivity contribution < 1.29 is 4.52 Å². The monoisotopic (exact) mass is 313 g/mol. The van der Waals surface area contributed by atoms with Gasteiger partial charge in [-0.2, -0.15) is 0 Å². The van der Waals surface area contributed by atoms with Crippen molar-refractivity contribution in [1.82, 2.24) is 5.16 Å². The van der Waals surface area contributed by atoms with E-state index in [1.165, 1.54) is 36.9 Å². The lowest BCUT2D eigenvalue weighted by atomic mass is 9.83. The summed E-state index contributed by atoms with van der Waals surface area (Å²) in [7, 11) is 1.96. The van der Waals surface area contributed by atoms with Crippen LogP contribution < -0.4 is 10.6 Å². The summed E-state index contributed by atoms with van der Waals surface area (Å²) in [6, 6.07) is 4.43. The lowest BCUT2D eigenvalue weighted by Gasteiger charge is -2.25. The standard InChI is InChI=1S/C19H27N3O/c1-12-10-16(19-13(2)22-23-14(19)3)18(20-4)11-17(12)21-9-8-15-6-5-7-15/h10-11,15,20-21H,5-9H2,1-4H3. The van der Waals surface area contributed by atoms with Crippen molar-refractivity contribution >= 4 is 11.4 Å². The molecule has 1 aliphatic rings. The van der Waals surface area contributed by atoms with Crippen LogP contribution in [0.2, 0.25) is 0 Å². The highest BCUT2D eigenvalue weighted by atomic mass is 16.5. The molecule has 4 heteroatoms. The first-order valence-corrected chi connectivity index (χ1v) is 8.59. The molecule has 23 heavy (non-hydrogen) atoms. The Morgan fingerprint density at radius 1 is 1.17 bits per heavy atom. The predicted octanol–water partition coefficient (Wildman–Crippen LogP) is 4.91. The second-order valence-electron chi connectivity index (χ2n) is 6.67. The largest absolute Gasteiger partial charge is 0.388 e. The molecule has 0 amide bonds. The number of rotatable bonds is 6. The van der Waals surface area contributed by atoms with E-state index in [4.69, 9.17) is 4.52 Å². The minimum absolute atomic E-state index is 0.865. The van der Waals surface area contributed by atoms with Crippen molar-refractivity contribution in [2.45, 2.75) is 46.5 Å². The Morgan fingerprint density at radius 3 is 2.52 bits per heavy atom. The smallest absolute Gasteiger partial charge is 0.141 e. The number of aryl methyl sites for hydroxylation is 3.